The highest BCUT2D eigenvalue weighted by molar-refractivity contribution is 5.29. The summed E-state index contributed by atoms with van der Waals surface area (Å²) in [6, 6.07) is 3.47. The van der Waals surface area contributed by atoms with Crippen LogP contribution in [0.2, 0.25) is 0 Å². The van der Waals surface area contributed by atoms with Crippen LogP contribution in [0.3, 0.4) is 0 Å². The van der Waals surface area contributed by atoms with Gasteiger partial charge in [0.05, 0.1) is 11.3 Å². The van der Waals surface area contributed by atoms with E-state index in [0.717, 1.165) is 0 Å². The Hall–Kier alpha value is -2.55. The average Bonchev–Trinajstić information content (AvgIpc) is 3.15. The molecule has 1 aliphatic rings. The van der Waals surface area contributed by atoms with Crippen molar-refractivity contribution in [3.63, 3.8) is 0 Å². The van der Waals surface area contributed by atoms with Crippen molar-refractivity contribution in [2.75, 3.05) is 31.1 Å². The number of rotatable bonds is 6. The summed E-state index contributed by atoms with van der Waals surface area (Å²) < 4.78 is 1.44. The lowest BCUT2D eigenvalue weighted by Crippen LogP contribution is -2.62. The molecule has 2 aromatic rings. The molecule has 1 aliphatic heterocycles. The maximum atomic E-state index is 12.0. The maximum Gasteiger partial charge on any atom is 0.375 e. The fraction of sp³-hybridized carbons (Fsp3) is 0.467. The van der Waals surface area contributed by atoms with Crippen LogP contribution in [0.4, 0.5) is 5.95 Å². The van der Waals surface area contributed by atoms with Gasteiger partial charge in [0.1, 0.15) is 0 Å². The van der Waals surface area contributed by atoms with Crippen molar-refractivity contribution in [1.29, 1.82) is 0 Å². The van der Waals surface area contributed by atoms with Crippen LogP contribution in [0.25, 0.3) is 0 Å². The topological polar surface area (TPSA) is 93.2 Å². The summed E-state index contributed by atoms with van der Waals surface area (Å²) in [5, 5.41) is 16.1. The third-order valence-corrected chi connectivity index (χ3v) is 4.30. The monoisotopic (exact) mass is 330 g/mol. The Morgan fingerprint density at radius 1 is 1.17 bits per heavy atom. The van der Waals surface area contributed by atoms with Gasteiger partial charge in [-0.3, -0.25) is 10.1 Å². The van der Waals surface area contributed by atoms with Gasteiger partial charge in [-0.1, -0.05) is 6.92 Å². The van der Waals surface area contributed by atoms with Crippen LogP contribution in [0.1, 0.15) is 12.8 Å². The van der Waals surface area contributed by atoms with Crippen molar-refractivity contribution in [2.45, 2.75) is 18.6 Å². The molecule has 1 saturated heterocycles. The SMILES string of the molecule is [CH2]CCC(N1CCN(c2ncccn2)CC1)(n1cccn1)[N+](=O)[O-]. The number of nitrogens with zero attached hydrogens (tertiary/aromatic N) is 7. The van der Waals surface area contributed by atoms with Crippen molar-refractivity contribution in [1.82, 2.24) is 24.6 Å². The summed E-state index contributed by atoms with van der Waals surface area (Å²) in [4.78, 5) is 24.1. The first-order valence-electron chi connectivity index (χ1n) is 7.89. The third-order valence-electron chi connectivity index (χ3n) is 4.30. The molecule has 0 spiro atoms. The van der Waals surface area contributed by atoms with Gasteiger partial charge in [-0.25, -0.2) is 14.9 Å². The lowest BCUT2D eigenvalue weighted by Gasteiger charge is -2.41. The molecule has 3 rings (SSSR count). The van der Waals surface area contributed by atoms with E-state index in [2.05, 4.69) is 22.0 Å². The maximum absolute atomic E-state index is 12.0. The van der Waals surface area contributed by atoms with E-state index >= 15 is 0 Å². The second-order valence-electron chi connectivity index (χ2n) is 5.61. The lowest BCUT2D eigenvalue weighted by atomic mass is 10.1. The molecular formula is C15H20N7O2. The van der Waals surface area contributed by atoms with Crippen LogP contribution in [0.15, 0.2) is 36.9 Å². The first kappa shape index (κ1) is 16.3. The molecule has 127 valence electrons. The van der Waals surface area contributed by atoms with E-state index in [0.29, 0.717) is 45.0 Å². The van der Waals surface area contributed by atoms with Crippen LogP contribution < -0.4 is 4.90 Å². The molecule has 24 heavy (non-hydrogen) atoms. The molecule has 0 aromatic carbocycles. The molecule has 9 nitrogen and oxygen atoms in total. The third kappa shape index (κ3) is 2.82. The number of nitro groups is 1. The summed E-state index contributed by atoms with van der Waals surface area (Å²) in [5.74, 6) is -0.741. The minimum Gasteiger partial charge on any atom is -0.338 e. The van der Waals surface area contributed by atoms with Crippen LogP contribution in [-0.2, 0) is 5.79 Å². The largest absolute Gasteiger partial charge is 0.375 e. The molecule has 1 fully saturated rings. The molecule has 0 aliphatic carbocycles. The molecule has 3 heterocycles. The number of aromatic nitrogens is 4. The number of hydrogen-bond donors (Lipinski definition) is 0. The Balaban J connectivity index is 1.82. The molecular weight excluding hydrogens is 310 g/mol. The van der Waals surface area contributed by atoms with E-state index in [1.54, 1.807) is 36.9 Å². The lowest BCUT2D eigenvalue weighted by molar-refractivity contribution is -0.640. The van der Waals surface area contributed by atoms with Gasteiger partial charge < -0.3 is 4.90 Å². The van der Waals surface area contributed by atoms with Gasteiger partial charge in [-0.05, 0) is 18.6 Å². The fourth-order valence-electron chi connectivity index (χ4n) is 3.14. The van der Waals surface area contributed by atoms with Crippen LogP contribution >= 0.6 is 0 Å². The van der Waals surface area contributed by atoms with Crippen molar-refractivity contribution < 1.29 is 4.92 Å². The summed E-state index contributed by atoms with van der Waals surface area (Å²) in [6.45, 7) is 6.12. The minimum atomic E-state index is -1.39. The zero-order valence-corrected chi connectivity index (χ0v) is 13.4. The molecule has 0 amide bonds. The van der Waals surface area contributed by atoms with Crippen molar-refractivity contribution in [3.8, 4) is 0 Å². The Kier molecular flexibility index (Phi) is 4.70. The average molecular weight is 330 g/mol. The minimum absolute atomic E-state index is 0.250. The predicted molar refractivity (Wildman–Crippen MR) is 87.6 cm³/mol. The van der Waals surface area contributed by atoms with Gasteiger partial charge in [-0.2, -0.15) is 9.78 Å². The first-order chi connectivity index (χ1) is 11.7. The quantitative estimate of drug-likeness (QED) is 0.576. The van der Waals surface area contributed by atoms with Gasteiger partial charge in [0, 0.05) is 51.0 Å². The summed E-state index contributed by atoms with van der Waals surface area (Å²) in [7, 11) is 0. The Morgan fingerprint density at radius 2 is 1.88 bits per heavy atom. The van der Waals surface area contributed by atoms with Crippen molar-refractivity contribution >= 4 is 5.95 Å². The van der Waals surface area contributed by atoms with E-state index in [-0.39, 0.29) is 4.92 Å². The Bertz CT molecular complexity index is 656. The molecule has 1 atom stereocenters. The number of hydrogen-bond acceptors (Lipinski definition) is 7. The van der Waals surface area contributed by atoms with E-state index < -0.39 is 5.79 Å². The van der Waals surface area contributed by atoms with Gasteiger partial charge in [0.2, 0.25) is 5.95 Å². The Morgan fingerprint density at radius 3 is 2.42 bits per heavy atom. The smallest absolute Gasteiger partial charge is 0.338 e. The highest BCUT2D eigenvalue weighted by atomic mass is 16.6. The molecule has 9 heteroatoms. The molecule has 0 N–H and O–H groups in total. The summed E-state index contributed by atoms with van der Waals surface area (Å²) in [5.41, 5.74) is 0. The Labute approximate surface area is 140 Å². The van der Waals surface area contributed by atoms with E-state index in [9.17, 15) is 10.1 Å². The zero-order valence-electron chi connectivity index (χ0n) is 13.4. The van der Waals surface area contributed by atoms with Crippen LogP contribution in [0, 0.1) is 17.0 Å². The highest BCUT2D eigenvalue weighted by Gasteiger charge is 2.51. The fourth-order valence-corrected chi connectivity index (χ4v) is 3.14. The molecule has 0 bridgehead atoms. The standard InChI is InChI=1S/C15H20N7O2/c1-2-5-15(22(23)24,21-9-4-8-18-21)20-12-10-19(11-13-20)14-16-6-3-7-17-14/h3-4,6-9H,1-2,5,10-13H2. The molecule has 0 saturated carbocycles. The zero-order chi connectivity index (χ0) is 17.0. The van der Waals surface area contributed by atoms with Crippen molar-refractivity contribution in [2.24, 2.45) is 0 Å². The van der Waals surface area contributed by atoms with E-state index in [1.165, 1.54) is 4.68 Å². The van der Waals surface area contributed by atoms with Crippen LogP contribution in [-0.4, -0.2) is 55.8 Å². The normalized spacial score (nSPS) is 18.3. The number of piperazine rings is 1. The van der Waals surface area contributed by atoms with Gasteiger partial charge in [0.15, 0.2) is 0 Å². The van der Waals surface area contributed by atoms with Crippen molar-refractivity contribution in [3.05, 3.63) is 54.0 Å². The van der Waals surface area contributed by atoms with Gasteiger partial charge in [-0.15, -0.1) is 0 Å². The van der Waals surface area contributed by atoms with Gasteiger partial charge in [0.25, 0.3) is 0 Å². The van der Waals surface area contributed by atoms with Crippen LogP contribution in [0.5, 0.6) is 0 Å². The van der Waals surface area contributed by atoms with E-state index in [1.807, 2.05) is 9.80 Å². The van der Waals surface area contributed by atoms with E-state index in [4.69, 9.17) is 0 Å². The highest BCUT2D eigenvalue weighted by Crippen LogP contribution is 2.29. The number of anilines is 1. The summed E-state index contributed by atoms with van der Waals surface area (Å²) in [6.07, 6.45) is 7.35. The molecule has 1 radical (unpaired) electrons. The molecule has 1 unspecified atom stereocenters. The van der Waals surface area contributed by atoms with Gasteiger partial charge >= 0.3 is 5.79 Å². The molecule has 2 aromatic heterocycles. The predicted octanol–water partition coefficient (Wildman–Crippen LogP) is 0.997. The second-order valence-corrected chi connectivity index (χ2v) is 5.61. The first-order valence-corrected chi connectivity index (χ1v) is 7.89. The second kappa shape index (κ2) is 6.91. The summed E-state index contributed by atoms with van der Waals surface area (Å²) >= 11 is 0.